The van der Waals surface area contributed by atoms with E-state index in [1.165, 1.54) is 0 Å². The average molecular weight is 315 g/mol. The maximum atomic E-state index is 11.2. The number of carbonyl (C=O) groups excluding carboxylic acids is 1. The standard InChI is InChI=1S/C15H23ClN2O3/c1-4-18-10-11-8-12(16)9-13(20-3)15(11)21-7-5-6-14(19)17-2/h8-9,18H,4-7,10H2,1-3H3,(H,17,19). The molecule has 0 heterocycles. The molecule has 2 N–H and O–H groups in total. The lowest BCUT2D eigenvalue weighted by atomic mass is 10.1. The van der Waals surface area contributed by atoms with Crippen molar-refractivity contribution >= 4 is 17.5 Å². The molecule has 0 bridgehead atoms. The molecule has 6 heteroatoms. The molecule has 0 saturated heterocycles. The molecule has 0 aliphatic rings. The van der Waals surface area contributed by atoms with E-state index >= 15 is 0 Å². The Hall–Kier alpha value is -1.46. The third kappa shape index (κ3) is 5.81. The molecule has 1 amide bonds. The van der Waals surface area contributed by atoms with Crippen molar-refractivity contribution in [3.63, 3.8) is 0 Å². The van der Waals surface area contributed by atoms with Gasteiger partial charge in [-0.25, -0.2) is 0 Å². The van der Waals surface area contributed by atoms with E-state index in [1.807, 2.05) is 13.0 Å². The predicted molar refractivity (Wildman–Crippen MR) is 84.2 cm³/mol. The first kappa shape index (κ1) is 17.6. The lowest BCUT2D eigenvalue weighted by Gasteiger charge is -2.16. The zero-order valence-corrected chi connectivity index (χ0v) is 13.5. The van der Waals surface area contributed by atoms with Crippen molar-refractivity contribution < 1.29 is 14.3 Å². The second-order valence-corrected chi connectivity index (χ2v) is 4.94. The topological polar surface area (TPSA) is 59.6 Å². The molecule has 118 valence electrons. The van der Waals surface area contributed by atoms with Gasteiger partial charge in [0.25, 0.3) is 0 Å². The largest absolute Gasteiger partial charge is 0.493 e. The van der Waals surface area contributed by atoms with Crippen LogP contribution in [0.3, 0.4) is 0 Å². The molecule has 21 heavy (non-hydrogen) atoms. The molecule has 1 aromatic rings. The van der Waals surface area contributed by atoms with E-state index in [1.54, 1.807) is 20.2 Å². The van der Waals surface area contributed by atoms with E-state index < -0.39 is 0 Å². The predicted octanol–water partition coefficient (Wildman–Crippen LogP) is 2.36. The number of ether oxygens (including phenoxy) is 2. The van der Waals surface area contributed by atoms with Crippen LogP contribution in [0.1, 0.15) is 25.3 Å². The van der Waals surface area contributed by atoms with Gasteiger partial charge in [-0.3, -0.25) is 4.79 Å². The molecule has 0 radical (unpaired) electrons. The minimum atomic E-state index is 0.00884. The van der Waals surface area contributed by atoms with Crippen LogP contribution >= 0.6 is 11.6 Å². The summed E-state index contributed by atoms with van der Waals surface area (Å²) < 4.78 is 11.1. The van der Waals surface area contributed by atoms with Crippen LogP contribution in [0.5, 0.6) is 11.5 Å². The molecule has 0 spiro atoms. The SMILES string of the molecule is CCNCc1cc(Cl)cc(OC)c1OCCCC(=O)NC. The molecule has 1 aromatic carbocycles. The number of halogens is 1. The van der Waals surface area contributed by atoms with Gasteiger partial charge in [-0.05, 0) is 19.0 Å². The van der Waals surface area contributed by atoms with Gasteiger partial charge in [0.1, 0.15) is 0 Å². The van der Waals surface area contributed by atoms with Gasteiger partial charge in [0.05, 0.1) is 13.7 Å². The molecular weight excluding hydrogens is 292 g/mol. The summed E-state index contributed by atoms with van der Waals surface area (Å²) in [4.78, 5) is 11.2. The fourth-order valence-corrected chi connectivity index (χ4v) is 2.09. The number of benzene rings is 1. The first-order valence-electron chi connectivity index (χ1n) is 7.02. The third-order valence-electron chi connectivity index (χ3n) is 2.96. The highest BCUT2D eigenvalue weighted by atomic mass is 35.5. The van der Waals surface area contributed by atoms with Crippen LogP contribution in [0.15, 0.2) is 12.1 Å². The first-order valence-corrected chi connectivity index (χ1v) is 7.40. The van der Waals surface area contributed by atoms with Gasteiger partial charge < -0.3 is 20.1 Å². The Balaban J connectivity index is 2.74. The van der Waals surface area contributed by atoms with E-state index in [2.05, 4.69) is 10.6 Å². The highest BCUT2D eigenvalue weighted by Crippen LogP contribution is 2.34. The summed E-state index contributed by atoms with van der Waals surface area (Å²) in [5.74, 6) is 1.30. The van der Waals surface area contributed by atoms with Crippen molar-refractivity contribution in [1.29, 1.82) is 0 Å². The summed E-state index contributed by atoms with van der Waals surface area (Å²) in [7, 11) is 3.21. The number of amides is 1. The minimum Gasteiger partial charge on any atom is -0.493 e. The van der Waals surface area contributed by atoms with Gasteiger partial charge >= 0.3 is 0 Å². The van der Waals surface area contributed by atoms with E-state index in [0.29, 0.717) is 42.5 Å². The molecule has 0 fully saturated rings. The Morgan fingerprint density at radius 2 is 2.14 bits per heavy atom. The lowest BCUT2D eigenvalue weighted by molar-refractivity contribution is -0.120. The Morgan fingerprint density at radius 1 is 1.38 bits per heavy atom. The van der Waals surface area contributed by atoms with Crippen LogP contribution in [-0.4, -0.2) is 33.2 Å². The summed E-state index contributed by atoms with van der Waals surface area (Å²) in [5.41, 5.74) is 0.946. The van der Waals surface area contributed by atoms with Gasteiger partial charge in [-0.15, -0.1) is 0 Å². The van der Waals surface area contributed by atoms with Crippen LogP contribution in [0.4, 0.5) is 0 Å². The van der Waals surface area contributed by atoms with Gasteiger partial charge in [0.15, 0.2) is 11.5 Å². The van der Waals surface area contributed by atoms with Gasteiger partial charge in [0, 0.05) is 36.7 Å². The summed E-state index contributed by atoms with van der Waals surface area (Å²) in [6.45, 7) is 3.99. The van der Waals surface area contributed by atoms with Crippen LogP contribution in [-0.2, 0) is 11.3 Å². The number of rotatable bonds is 9. The molecule has 0 unspecified atom stereocenters. The van der Waals surface area contributed by atoms with E-state index in [4.69, 9.17) is 21.1 Å². The number of hydrogen-bond acceptors (Lipinski definition) is 4. The van der Waals surface area contributed by atoms with Crippen molar-refractivity contribution in [2.45, 2.75) is 26.3 Å². The molecule has 0 aliphatic heterocycles. The molecule has 5 nitrogen and oxygen atoms in total. The molecule has 0 aliphatic carbocycles. The molecule has 1 rings (SSSR count). The van der Waals surface area contributed by atoms with Crippen LogP contribution < -0.4 is 20.1 Å². The molecule has 0 aromatic heterocycles. The van der Waals surface area contributed by atoms with Gasteiger partial charge in [0.2, 0.25) is 5.91 Å². The maximum absolute atomic E-state index is 11.2. The third-order valence-corrected chi connectivity index (χ3v) is 3.17. The van der Waals surface area contributed by atoms with Crippen molar-refractivity contribution in [1.82, 2.24) is 10.6 Å². The zero-order valence-electron chi connectivity index (χ0n) is 12.8. The Kier molecular flexibility index (Phi) is 7.93. The molecular formula is C15H23ClN2O3. The zero-order chi connectivity index (χ0) is 15.7. The number of methoxy groups -OCH3 is 1. The second kappa shape index (κ2) is 9.47. The number of hydrogen-bond donors (Lipinski definition) is 2. The second-order valence-electron chi connectivity index (χ2n) is 4.50. The van der Waals surface area contributed by atoms with E-state index in [9.17, 15) is 4.79 Å². The minimum absolute atomic E-state index is 0.00884. The van der Waals surface area contributed by atoms with Gasteiger partial charge in [-0.2, -0.15) is 0 Å². The fraction of sp³-hybridized carbons (Fsp3) is 0.533. The smallest absolute Gasteiger partial charge is 0.219 e. The van der Waals surface area contributed by atoms with E-state index in [-0.39, 0.29) is 5.91 Å². The summed E-state index contributed by atoms with van der Waals surface area (Å²) in [6.07, 6.45) is 1.08. The summed E-state index contributed by atoms with van der Waals surface area (Å²) in [5, 5.41) is 6.44. The Bertz CT molecular complexity index is 466. The lowest BCUT2D eigenvalue weighted by Crippen LogP contribution is -2.18. The van der Waals surface area contributed by atoms with E-state index in [0.717, 1.165) is 12.1 Å². The quantitative estimate of drug-likeness (QED) is 0.687. The Labute approximate surface area is 131 Å². The summed E-state index contributed by atoms with van der Waals surface area (Å²) in [6, 6.07) is 3.59. The average Bonchev–Trinajstić information content (AvgIpc) is 2.49. The van der Waals surface area contributed by atoms with Crippen molar-refractivity contribution in [2.24, 2.45) is 0 Å². The molecule has 0 saturated carbocycles. The van der Waals surface area contributed by atoms with Crippen molar-refractivity contribution in [3.8, 4) is 11.5 Å². The fourth-order valence-electron chi connectivity index (χ4n) is 1.86. The Morgan fingerprint density at radius 3 is 2.76 bits per heavy atom. The number of nitrogens with one attached hydrogen (secondary N) is 2. The van der Waals surface area contributed by atoms with Crippen molar-refractivity contribution in [2.75, 3.05) is 27.3 Å². The van der Waals surface area contributed by atoms with Crippen LogP contribution in [0.25, 0.3) is 0 Å². The monoisotopic (exact) mass is 314 g/mol. The van der Waals surface area contributed by atoms with Crippen LogP contribution in [0.2, 0.25) is 5.02 Å². The van der Waals surface area contributed by atoms with Crippen molar-refractivity contribution in [3.05, 3.63) is 22.7 Å². The molecule has 0 atom stereocenters. The first-order chi connectivity index (χ1) is 10.1. The van der Waals surface area contributed by atoms with Gasteiger partial charge in [-0.1, -0.05) is 18.5 Å². The number of carbonyl (C=O) groups is 1. The highest BCUT2D eigenvalue weighted by molar-refractivity contribution is 6.30. The van der Waals surface area contributed by atoms with Crippen LogP contribution in [0, 0.1) is 0 Å². The summed E-state index contributed by atoms with van der Waals surface area (Å²) >= 11 is 6.09. The normalized spacial score (nSPS) is 10.3. The maximum Gasteiger partial charge on any atom is 0.219 e. The highest BCUT2D eigenvalue weighted by Gasteiger charge is 2.13.